The molecule has 2 aromatic rings. The van der Waals surface area contributed by atoms with Crippen LogP contribution in [-0.4, -0.2) is 23.7 Å². The molecule has 0 fully saturated rings. The first-order valence-electron chi connectivity index (χ1n) is 8.18. The number of benzene rings is 1. The van der Waals surface area contributed by atoms with E-state index in [1.54, 1.807) is 7.11 Å². The number of aryl methyl sites for hydroxylation is 1. The van der Waals surface area contributed by atoms with E-state index < -0.39 is 0 Å². The van der Waals surface area contributed by atoms with E-state index in [0.717, 1.165) is 56.1 Å². The van der Waals surface area contributed by atoms with Crippen LogP contribution in [0.15, 0.2) is 22.7 Å². The minimum atomic E-state index is 0.898. The van der Waals surface area contributed by atoms with Gasteiger partial charge in [-0.05, 0) is 48.9 Å². The van der Waals surface area contributed by atoms with Crippen LogP contribution in [0.3, 0.4) is 0 Å². The highest BCUT2D eigenvalue weighted by molar-refractivity contribution is 5.37. The molecule has 0 unspecified atom stereocenters. The summed E-state index contributed by atoms with van der Waals surface area (Å²) in [6.07, 6.45) is 5.79. The number of nitrogens with zero attached hydrogens (tertiary/aromatic N) is 2. The van der Waals surface area contributed by atoms with Crippen LogP contribution in [0.5, 0.6) is 5.75 Å². The molecule has 0 bridgehead atoms. The average Bonchev–Trinajstić information content (AvgIpc) is 2.97. The van der Waals surface area contributed by atoms with Crippen LogP contribution >= 0.6 is 0 Å². The van der Waals surface area contributed by atoms with Crippen molar-refractivity contribution in [1.82, 2.24) is 10.1 Å². The molecule has 1 aliphatic carbocycles. The lowest BCUT2D eigenvalue weighted by Gasteiger charge is -2.28. The summed E-state index contributed by atoms with van der Waals surface area (Å²) in [6.45, 7) is 2.95. The quantitative estimate of drug-likeness (QED) is 0.872. The number of fused-ring (bicyclic) bond motifs is 2. The van der Waals surface area contributed by atoms with E-state index in [4.69, 9.17) is 9.26 Å². The maximum Gasteiger partial charge on any atom is 0.140 e. The standard InChI is InChI=1S/C18H22N2O2/c1-21-15-7-6-13-8-9-20(11-14(13)10-15)12-17-16-4-2-3-5-18(16)22-19-17/h6-7,10H,2-5,8-9,11-12H2,1H3. The number of aromatic nitrogens is 1. The van der Waals surface area contributed by atoms with E-state index in [-0.39, 0.29) is 0 Å². The van der Waals surface area contributed by atoms with E-state index in [1.807, 2.05) is 0 Å². The Morgan fingerprint density at radius 1 is 1.18 bits per heavy atom. The summed E-state index contributed by atoms with van der Waals surface area (Å²) in [5, 5.41) is 4.34. The molecule has 0 amide bonds. The molecule has 4 rings (SSSR count). The van der Waals surface area contributed by atoms with Crippen LogP contribution in [0.2, 0.25) is 0 Å². The Morgan fingerprint density at radius 3 is 3.00 bits per heavy atom. The molecular weight excluding hydrogens is 276 g/mol. The molecule has 4 heteroatoms. The Morgan fingerprint density at radius 2 is 2.09 bits per heavy atom. The summed E-state index contributed by atoms with van der Waals surface area (Å²) in [6, 6.07) is 6.42. The molecule has 2 heterocycles. The number of hydrogen-bond acceptors (Lipinski definition) is 4. The molecule has 2 aliphatic rings. The van der Waals surface area contributed by atoms with Gasteiger partial charge >= 0.3 is 0 Å². The van der Waals surface area contributed by atoms with Gasteiger partial charge in [-0.2, -0.15) is 0 Å². The molecule has 1 aliphatic heterocycles. The third-order valence-corrected chi connectivity index (χ3v) is 4.91. The summed E-state index contributed by atoms with van der Waals surface area (Å²) in [7, 11) is 1.73. The van der Waals surface area contributed by atoms with E-state index in [0.29, 0.717) is 0 Å². The van der Waals surface area contributed by atoms with Crippen LogP contribution < -0.4 is 4.74 Å². The van der Waals surface area contributed by atoms with Crippen molar-refractivity contribution < 1.29 is 9.26 Å². The molecular formula is C18H22N2O2. The van der Waals surface area contributed by atoms with Crippen molar-refractivity contribution in [2.75, 3.05) is 13.7 Å². The first kappa shape index (κ1) is 13.8. The Bertz CT molecular complexity index is 678. The maximum absolute atomic E-state index is 5.54. The van der Waals surface area contributed by atoms with Crippen molar-refractivity contribution in [3.05, 3.63) is 46.3 Å². The van der Waals surface area contributed by atoms with Crippen molar-refractivity contribution in [3.63, 3.8) is 0 Å². The number of hydrogen-bond donors (Lipinski definition) is 0. The van der Waals surface area contributed by atoms with Crippen LogP contribution in [0, 0.1) is 0 Å². The van der Waals surface area contributed by atoms with Crippen LogP contribution in [0.25, 0.3) is 0 Å². The zero-order valence-electron chi connectivity index (χ0n) is 13.1. The Kier molecular flexibility index (Phi) is 3.62. The third kappa shape index (κ3) is 2.52. The lowest BCUT2D eigenvalue weighted by atomic mass is 9.95. The van der Waals surface area contributed by atoms with Crippen molar-refractivity contribution in [2.45, 2.75) is 45.2 Å². The second-order valence-electron chi connectivity index (χ2n) is 6.33. The van der Waals surface area contributed by atoms with Gasteiger partial charge < -0.3 is 9.26 Å². The van der Waals surface area contributed by atoms with E-state index in [9.17, 15) is 0 Å². The summed E-state index contributed by atoms with van der Waals surface area (Å²) >= 11 is 0. The zero-order valence-corrected chi connectivity index (χ0v) is 13.1. The minimum Gasteiger partial charge on any atom is -0.497 e. The van der Waals surface area contributed by atoms with Gasteiger partial charge in [-0.25, -0.2) is 0 Å². The Hall–Kier alpha value is -1.81. The summed E-state index contributed by atoms with van der Waals surface area (Å²) < 4.78 is 10.9. The molecule has 1 aromatic heterocycles. The molecule has 0 radical (unpaired) electrons. The van der Waals surface area contributed by atoms with Gasteiger partial charge in [0.05, 0.1) is 7.11 Å². The predicted molar refractivity (Wildman–Crippen MR) is 84.0 cm³/mol. The average molecular weight is 298 g/mol. The number of methoxy groups -OCH3 is 1. The molecule has 0 saturated heterocycles. The predicted octanol–water partition coefficient (Wildman–Crippen LogP) is 3.12. The van der Waals surface area contributed by atoms with Gasteiger partial charge in [0, 0.05) is 31.6 Å². The van der Waals surface area contributed by atoms with Crippen molar-refractivity contribution in [1.29, 1.82) is 0 Å². The van der Waals surface area contributed by atoms with E-state index in [1.165, 1.54) is 29.5 Å². The number of rotatable bonds is 3. The third-order valence-electron chi connectivity index (χ3n) is 4.91. The largest absolute Gasteiger partial charge is 0.497 e. The SMILES string of the molecule is COc1ccc2c(c1)CN(Cc1noc3c1CCCC3)CC2. The van der Waals surface area contributed by atoms with E-state index in [2.05, 4.69) is 28.3 Å². The maximum atomic E-state index is 5.54. The van der Waals surface area contributed by atoms with Crippen molar-refractivity contribution in [3.8, 4) is 5.75 Å². The van der Waals surface area contributed by atoms with Gasteiger partial charge in [0.1, 0.15) is 17.2 Å². The molecule has 0 spiro atoms. The topological polar surface area (TPSA) is 38.5 Å². The molecule has 22 heavy (non-hydrogen) atoms. The Balaban J connectivity index is 1.51. The fourth-order valence-electron chi connectivity index (χ4n) is 3.64. The smallest absolute Gasteiger partial charge is 0.140 e. The van der Waals surface area contributed by atoms with Crippen LogP contribution in [-0.2, 0) is 32.4 Å². The van der Waals surface area contributed by atoms with Crippen LogP contribution in [0.4, 0.5) is 0 Å². The van der Waals surface area contributed by atoms with Crippen LogP contribution in [0.1, 0.15) is 41.0 Å². The Labute approximate surface area is 131 Å². The number of ether oxygens (including phenoxy) is 1. The minimum absolute atomic E-state index is 0.898. The van der Waals surface area contributed by atoms with E-state index >= 15 is 0 Å². The normalized spacial score (nSPS) is 17.9. The van der Waals surface area contributed by atoms with Gasteiger partial charge in [0.15, 0.2) is 0 Å². The highest BCUT2D eigenvalue weighted by Crippen LogP contribution is 2.28. The highest BCUT2D eigenvalue weighted by atomic mass is 16.5. The second kappa shape index (κ2) is 5.76. The first-order valence-corrected chi connectivity index (χ1v) is 8.18. The lowest BCUT2D eigenvalue weighted by Crippen LogP contribution is -2.30. The van der Waals surface area contributed by atoms with Crippen molar-refractivity contribution in [2.24, 2.45) is 0 Å². The van der Waals surface area contributed by atoms with Gasteiger partial charge in [-0.1, -0.05) is 11.2 Å². The van der Waals surface area contributed by atoms with Gasteiger partial charge in [0.25, 0.3) is 0 Å². The highest BCUT2D eigenvalue weighted by Gasteiger charge is 2.23. The fraction of sp³-hybridized carbons (Fsp3) is 0.500. The molecule has 4 nitrogen and oxygen atoms in total. The van der Waals surface area contributed by atoms with Gasteiger partial charge in [-0.3, -0.25) is 4.90 Å². The molecule has 0 N–H and O–H groups in total. The molecule has 116 valence electrons. The fourth-order valence-corrected chi connectivity index (χ4v) is 3.64. The summed E-state index contributed by atoms with van der Waals surface area (Å²) in [5.41, 5.74) is 5.35. The first-order chi connectivity index (χ1) is 10.8. The van der Waals surface area contributed by atoms with Gasteiger partial charge in [-0.15, -0.1) is 0 Å². The summed E-state index contributed by atoms with van der Waals surface area (Å²) in [5.74, 6) is 2.07. The summed E-state index contributed by atoms with van der Waals surface area (Å²) in [4.78, 5) is 2.47. The molecule has 1 aromatic carbocycles. The zero-order chi connectivity index (χ0) is 14.9. The molecule has 0 atom stereocenters. The monoisotopic (exact) mass is 298 g/mol. The van der Waals surface area contributed by atoms with Gasteiger partial charge in [0.2, 0.25) is 0 Å². The molecule has 0 saturated carbocycles. The lowest BCUT2D eigenvalue weighted by molar-refractivity contribution is 0.236. The van der Waals surface area contributed by atoms with Crippen molar-refractivity contribution >= 4 is 0 Å². The second-order valence-corrected chi connectivity index (χ2v) is 6.33.